The number of hydrogen-bond acceptors (Lipinski definition) is 7. The Bertz CT molecular complexity index is 778. The minimum Gasteiger partial charge on any atom is -0.388 e. The molecular formula is C15H24N2O8P+. The van der Waals surface area contributed by atoms with Gasteiger partial charge in [-0.2, -0.15) is 0 Å². The van der Waals surface area contributed by atoms with Crippen molar-refractivity contribution in [1.29, 1.82) is 0 Å². The molecule has 10 nitrogen and oxygen atoms in total. The number of aliphatic hydroxyl groups excluding tert-OH is 2. The normalized spacial score (nSPS) is 28.8. The van der Waals surface area contributed by atoms with Crippen molar-refractivity contribution >= 4 is 8.25 Å². The van der Waals surface area contributed by atoms with Gasteiger partial charge in [-0.25, -0.2) is 4.79 Å². The summed E-state index contributed by atoms with van der Waals surface area (Å²) in [5.74, 6) is 0. The van der Waals surface area contributed by atoms with Gasteiger partial charge in [0, 0.05) is 22.7 Å². The van der Waals surface area contributed by atoms with Crippen LogP contribution in [0.2, 0.25) is 0 Å². The number of aryl methyl sites for hydroxylation is 1. The number of aromatic nitrogens is 2. The van der Waals surface area contributed by atoms with Crippen LogP contribution in [0.3, 0.4) is 0 Å². The van der Waals surface area contributed by atoms with Gasteiger partial charge in [-0.15, -0.1) is 9.42 Å². The molecule has 6 atom stereocenters. The van der Waals surface area contributed by atoms with Crippen molar-refractivity contribution in [2.45, 2.75) is 70.2 Å². The summed E-state index contributed by atoms with van der Waals surface area (Å²) in [7, 11) is -2.86. The molecule has 0 aliphatic carbocycles. The minimum atomic E-state index is -2.86. The van der Waals surface area contributed by atoms with Crippen LogP contribution >= 0.6 is 8.25 Å². The number of aromatic amines is 1. The van der Waals surface area contributed by atoms with Crippen molar-refractivity contribution in [2.24, 2.45) is 0 Å². The van der Waals surface area contributed by atoms with Crippen LogP contribution in [0.1, 0.15) is 44.9 Å². The Morgan fingerprint density at radius 2 is 2.04 bits per heavy atom. The third-order valence-corrected chi connectivity index (χ3v) is 5.06. The maximum Gasteiger partial charge on any atom is 0.695 e. The second-order valence-corrected chi connectivity index (χ2v) is 7.42. The maximum absolute atomic E-state index is 12.0. The topological polar surface area (TPSA) is 151 Å². The quantitative estimate of drug-likeness (QED) is 0.477. The highest BCUT2D eigenvalue weighted by atomic mass is 31.1. The summed E-state index contributed by atoms with van der Waals surface area (Å²) >= 11 is 0. The predicted molar refractivity (Wildman–Crippen MR) is 90.8 cm³/mol. The molecule has 0 spiro atoms. The van der Waals surface area contributed by atoms with Gasteiger partial charge in [-0.05, 0) is 20.3 Å². The van der Waals surface area contributed by atoms with Crippen LogP contribution in [0.5, 0.6) is 0 Å². The van der Waals surface area contributed by atoms with Crippen molar-refractivity contribution in [1.82, 2.24) is 9.55 Å². The zero-order valence-corrected chi connectivity index (χ0v) is 15.7. The van der Waals surface area contributed by atoms with Crippen molar-refractivity contribution in [3.63, 3.8) is 0 Å². The Labute approximate surface area is 150 Å². The van der Waals surface area contributed by atoms with Crippen molar-refractivity contribution < 1.29 is 28.9 Å². The van der Waals surface area contributed by atoms with Crippen LogP contribution in [0, 0.1) is 6.92 Å². The van der Waals surface area contributed by atoms with E-state index in [1.54, 1.807) is 6.92 Å². The molecule has 1 saturated heterocycles. The molecule has 146 valence electrons. The van der Waals surface area contributed by atoms with E-state index in [0.29, 0.717) is 12.8 Å². The van der Waals surface area contributed by atoms with Crippen LogP contribution in [0.25, 0.3) is 0 Å². The summed E-state index contributed by atoms with van der Waals surface area (Å²) in [5, 5.41) is 20.6. The number of H-pyrrole nitrogens is 1. The van der Waals surface area contributed by atoms with Gasteiger partial charge in [-0.1, -0.05) is 13.3 Å². The zero-order chi connectivity index (χ0) is 19.6. The zero-order valence-electron chi connectivity index (χ0n) is 14.8. The molecule has 11 heteroatoms. The fraction of sp³-hybridized carbons (Fsp3) is 0.733. The van der Waals surface area contributed by atoms with Gasteiger partial charge in [0.1, 0.15) is 17.8 Å². The second kappa shape index (κ2) is 8.08. The van der Waals surface area contributed by atoms with E-state index in [2.05, 4.69) is 4.98 Å². The fourth-order valence-corrected chi connectivity index (χ4v) is 3.77. The average Bonchev–Trinajstić information content (AvgIpc) is 2.78. The summed E-state index contributed by atoms with van der Waals surface area (Å²) in [6.45, 7) is 4.98. The van der Waals surface area contributed by atoms with Gasteiger partial charge in [0.25, 0.3) is 5.56 Å². The number of nitrogens with one attached hydrogen (secondary N) is 1. The van der Waals surface area contributed by atoms with Crippen LogP contribution in [-0.2, 0) is 13.8 Å². The molecule has 0 amide bonds. The molecule has 1 aromatic rings. The van der Waals surface area contributed by atoms with Crippen molar-refractivity contribution in [2.75, 3.05) is 0 Å². The number of rotatable bonds is 7. The van der Waals surface area contributed by atoms with Crippen LogP contribution in [0.4, 0.5) is 0 Å². The smallest absolute Gasteiger partial charge is 0.388 e. The van der Waals surface area contributed by atoms with Crippen molar-refractivity contribution in [3.05, 3.63) is 32.6 Å². The van der Waals surface area contributed by atoms with Crippen LogP contribution in [-0.4, -0.2) is 48.6 Å². The first-order valence-corrected chi connectivity index (χ1v) is 9.40. The lowest BCUT2D eigenvalue weighted by molar-refractivity contribution is -0.0676. The highest BCUT2D eigenvalue weighted by molar-refractivity contribution is 7.32. The third kappa shape index (κ3) is 4.46. The Balaban J connectivity index is 2.26. The van der Waals surface area contributed by atoms with Gasteiger partial charge in [0.2, 0.25) is 0 Å². The van der Waals surface area contributed by atoms with E-state index in [0.717, 1.165) is 4.57 Å². The van der Waals surface area contributed by atoms with E-state index in [4.69, 9.17) is 14.2 Å². The Kier molecular flexibility index (Phi) is 6.49. The van der Waals surface area contributed by atoms with Gasteiger partial charge < -0.3 is 14.9 Å². The molecular weight excluding hydrogens is 367 g/mol. The van der Waals surface area contributed by atoms with E-state index < -0.39 is 49.6 Å². The lowest BCUT2D eigenvalue weighted by Crippen LogP contribution is -2.39. The molecule has 26 heavy (non-hydrogen) atoms. The SMILES string of the molecule is CCCC(C)(CC1OC(n2cc(C)c(=O)[nH]c2=O)C(O)C1O)O[P+](=O)O. The fourth-order valence-electron chi connectivity index (χ4n) is 3.23. The second-order valence-electron chi connectivity index (χ2n) is 6.76. The van der Waals surface area contributed by atoms with Crippen LogP contribution < -0.4 is 11.2 Å². The summed E-state index contributed by atoms with van der Waals surface area (Å²) < 4.78 is 22.9. The van der Waals surface area contributed by atoms with Gasteiger partial charge in [0.15, 0.2) is 6.23 Å². The lowest BCUT2D eigenvalue weighted by Gasteiger charge is -2.26. The molecule has 0 aromatic carbocycles. The molecule has 0 radical (unpaired) electrons. The number of ether oxygens (including phenoxy) is 1. The molecule has 0 bridgehead atoms. The average molecular weight is 391 g/mol. The van der Waals surface area contributed by atoms with E-state index in [-0.39, 0.29) is 12.0 Å². The Hall–Kier alpha value is -1.42. The highest BCUT2D eigenvalue weighted by Crippen LogP contribution is 2.39. The minimum absolute atomic E-state index is 0.0360. The highest BCUT2D eigenvalue weighted by Gasteiger charge is 2.48. The van der Waals surface area contributed by atoms with E-state index in [1.165, 1.54) is 13.1 Å². The lowest BCUT2D eigenvalue weighted by atomic mass is 9.91. The first-order valence-electron chi connectivity index (χ1n) is 8.27. The predicted octanol–water partition coefficient (Wildman–Crippen LogP) is 0.0794. The van der Waals surface area contributed by atoms with Gasteiger partial charge >= 0.3 is 13.9 Å². The van der Waals surface area contributed by atoms with E-state index in [9.17, 15) is 24.4 Å². The summed E-state index contributed by atoms with van der Waals surface area (Å²) in [4.78, 5) is 34.7. The molecule has 6 unspecified atom stereocenters. The van der Waals surface area contributed by atoms with Crippen molar-refractivity contribution in [3.8, 4) is 0 Å². The number of aliphatic hydroxyl groups is 2. The summed E-state index contributed by atoms with van der Waals surface area (Å²) in [5.41, 5.74) is -2.13. The molecule has 4 N–H and O–H groups in total. The molecule has 2 rings (SSSR count). The molecule has 0 saturated carbocycles. The molecule has 1 aromatic heterocycles. The number of hydrogen-bond donors (Lipinski definition) is 4. The molecule has 2 heterocycles. The molecule has 1 aliphatic rings. The Morgan fingerprint density at radius 1 is 1.38 bits per heavy atom. The first-order chi connectivity index (χ1) is 12.1. The van der Waals surface area contributed by atoms with Crippen LogP contribution in [0.15, 0.2) is 15.8 Å². The maximum atomic E-state index is 12.0. The third-order valence-electron chi connectivity index (χ3n) is 4.47. The number of nitrogens with zero attached hydrogens (tertiary/aromatic N) is 1. The standard InChI is InChI=1S/C15H23N2O8P/c1-4-5-15(3,25-26(22)23)6-9-10(18)11(19)13(24-9)17-7-8(2)12(20)16-14(17)21/h7,9-11,13,18-19H,4-6H2,1-3H3,(H-,16,20,21,22,23)/p+1. The molecule has 1 fully saturated rings. The monoisotopic (exact) mass is 391 g/mol. The molecule has 1 aliphatic heterocycles. The van der Waals surface area contributed by atoms with E-state index in [1.807, 2.05) is 6.92 Å². The largest absolute Gasteiger partial charge is 0.695 e. The summed E-state index contributed by atoms with van der Waals surface area (Å²) in [6, 6.07) is 0. The summed E-state index contributed by atoms with van der Waals surface area (Å²) in [6.07, 6.45) is -2.52. The Morgan fingerprint density at radius 3 is 2.62 bits per heavy atom. The first kappa shape index (κ1) is 20.9. The van der Waals surface area contributed by atoms with E-state index >= 15 is 0 Å². The van der Waals surface area contributed by atoms with Gasteiger partial charge in [0.05, 0.1) is 6.10 Å². The van der Waals surface area contributed by atoms with Gasteiger partial charge in [-0.3, -0.25) is 14.3 Å².